The topological polar surface area (TPSA) is 93.4 Å². The fraction of sp³-hybridized carbons (Fsp3) is 0.267. The van der Waals surface area contributed by atoms with E-state index >= 15 is 0 Å². The van der Waals surface area contributed by atoms with E-state index in [1.165, 1.54) is 4.57 Å². The van der Waals surface area contributed by atoms with Crippen LogP contribution in [0.5, 0.6) is 0 Å². The van der Waals surface area contributed by atoms with Crippen LogP contribution in [0.4, 0.5) is 11.5 Å². The lowest BCUT2D eigenvalue weighted by Crippen LogP contribution is -2.33. The summed E-state index contributed by atoms with van der Waals surface area (Å²) >= 11 is 5.93. The van der Waals surface area contributed by atoms with Gasteiger partial charge in [-0.3, -0.25) is 14.2 Å². The Morgan fingerprint density at radius 1 is 1.35 bits per heavy atom. The minimum Gasteiger partial charge on any atom is -0.339 e. The van der Waals surface area contributed by atoms with E-state index in [1.807, 2.05) is 0 Å². The number of rotatable bonds is 3. The van der Waals surface area contributed by atoms with Crippen LogP contribution in [0.25, 0.3) is 0 Å². The van der Waals surface area contributed by atoms with Crippen molar-refractivity contribution in [3.8, 4) is 0 Å². The highest BCUT2D eigenvalue weighted by Crippen LogP contribution is 2.22. The molecule has 1 amide bonds. The van der Waals surface area contributed by atoms with Gasteiger partial charge in [0.15, 0.2) is 11.4 Å². The lowest BCUT2D eigenvalue weighted by atomic mass is 10.1. The van der Waals surface area contributed by atoms with Crippen LogP contribution in [0.1, 0.15) is 29.0 Å². The Balaban J connectivity index is 2.14. The van der Waals surface area contributed by atoms with Crippen molar-refractivity contribution in [1.29, 1.82) is 0 Å². The average molecular weight is 333 g/mol. The number of aromatic nitrogens is 2. The maximum atomic E-state index is 12.5. The third-order valence-electron chi connectivity index (χ3n) is 3.66. The van der Waals surface area contributed by atoms with Crippen molar-refractivity contribution < 1.29 is 4.79 Å². The number of hydrogen-bond acceptors (Lipinski definition) is 5. The number of anilines is 2. The van der Waals surface area contributed by atoms with Gasteiger partial charge in [0.1, 0.15) is 5.82 Å². The van der Waals surface area contributed by atoms with E-state index in [0.717, 1.165) is 12.8 Å². The van der Waals surface area contributed by atoms with Crippen molar-refractivity contribution in [2.75, 3.05) is 5.32 Å². The molecule has 0 saturated heterocycles. The van der Waals surface area contributed by atoms with Crippen molar-refractivity contribution >= 4 is 29.0 Å². The summed E-state index contributed by atoms with van der Waals surface area (Å²) in [6, 6.07) is 6.76. The molecule has 0 aliphatic carbocycles. The van der Waals surface area contributed by atoms with Gasteiger partial charge >= 0.3 is 5.91 Å². The number of hydrogen-bond donors (Lipinski definition) is 1. The Morgan fingerprint density at radius 2 is 2.17 bits per heavy atom. The molecule has 1 aromatic heterocycles. The van der Waals surface area contributed by atoms with Crippen molar-refractivity contribution in [3.05, 3.63) is 55.9 Å². The van der Waals surface area contributed by atoms with Gasteiger partial charge in [-0.05, 0) is 31.0 Å². The standard InChI is InChI=1S/C15H13ClN4O3/c16-9-4-3-5-10(8-9)17-13-12(14(21)19-23)15(22)20-7-2-1-6-11(20)18-13/h3-5,8,17H,1-2,6-7H2. The highest BCUT2D eigenvalue weighted by Gasteiger charge is 2.24. The molecule has 0 fully saturated rings. The van der Waals surface area contributed by atoms with Crippen LogP contribution in [0.2, 0.25) is 5.02 Å². The maximum Gasteiger partial charge on any atom is 0.326 e. The average Bonchev–Trinajstić information content (AvgIpc) is 2.54. The zero-order valence-corrected chi connectivity index (χ0v) is 12.8. The van der Waals surface area contributed by atoms with Gasteiger partial charge in [0, 0.05) is 28.9 Å². The van der Waals surface area contributed by atoms with Gasteiger partial charge in [0.05, 0.1) is 0 Å². The molecule has 0 radical (unpaired) electrons. The van der Waals surface area contributed by atoms with E-state index in [-0.39, 0.29) is 11.4 Å². The van der Waals surface area contributed by atoms with Crippen LogP contribution in [0, 0.1) is 4.91 Å². The summed E-state index contributed by atoms with van der Waals surface area (Å²) in [5.41, 5.74) is -0.320. The van der Waals surface area contributed by atoms with Gasteiger partial charge in [-0.2, -0.15) is 0 Å². The molecule has 7 nitrogen and oxygen atoms in total. The fourth-order valence-corrected chi connectivity index (χ4v) is 2.80. The van der Waals surface area contributed by atoms with E-state index < -0.39 is 11.5 Å². The van der Waals surface area contributed by atoms with Crippen molar-refractivity contribution in [1.82, 2.24) is 9.55 Å². The van der Waals surface area contributed by atoms with Crippen LogP contribution in [0.3, 0.4) is 0 Å². The second kappa shape index (κ2) is 6.29. The Morgan fingerprint density at radius 3 is 2.91 bits per heavy atom. The highest BCUT2D eigenvalue weighted by atomic mass is 35.5. The summed E-state index contributed by atoms with van der Waals surface area (Å²) < 4.78 is 1.44. The van der Waals surface area contributed by atoms with Gasteiger partial charge in [-0.1, -0.05) is 17.7 Å². The van der Waals surface area contributed by atoms with Gasteiger partial charge in [0.2, 0.25) is 0 Å². The second-order valence-corrected chi connectivity index (χ2v) is 5.63. The third kappa shape index (κ3) is 3.00. The number of benzene rings is 1. The molecule has 1 aromatic carbocycles. The molecule has 23 heavy (non-hydrogen) atoms. The first-order valence-corrected chi connectivity index (χ1v) is 7.52. The normalized spacial score (nSPS) is 13.3. The summed E-state index contributed by atoms with van der Waals surface area (Å²) in [5.74, 6) is -0.504. The molecule has 0 bridgehead atoms. The molecule has 8 heteroatoms. The number of carbonyl (C=O) groups is 1. The molecule has 118 valence electrons. The zero-order chi connectivity index (χ0) is 16.4. The van der Waals surface area contributed by atoms with E-state index in [1.54, 1.807) is 24.3 Å². The SMILES string of the molecule is O=NC(=O)c1c(Nc2cccc(Cl)c2)nc2n(c1=O)CCCC2. The first-order chi connectivity index (χ1) is 11.1. The number of nitroso groups, excluding NO2 is 1. The predicted molar refractivity (Wildman–Crippen MR) is 86.3 cm³/mol. The summed E-state index contributed by atoms with van der Waals surface area (Å²) in [6.07, 6.45) is 2.39. The number of nitrogens with zero attached hydrogens (tertiary/aromatic N) is 3. The van der Waals surface area contributed by atoms with Gasteiger partial charge in [-0.25, -0.2) is 4.98 Å². The Bertz CT molecular complexity index is 847. The molecule has 0 saturated carbocycles. The van der Waals surface area contributed by atoms with Gasteiger partial charge in [0.25, 0.3) is 5.56 Å². The number of amides is 1. The fourth-order valence-electron chi connectivity index (χ4n) is 2.61. The molecule has 1 aliphatic rings. The first kappa shape index (κ1) is 15.4. The molecule has 3 rings (SSSR count). The van der Waals surface area contributed by atoms with E-state index in [0.29, 0.717) is 29.5 Å². The molecule has 0 atom stereocenters. The highest BCUT2D eigenvalue weighted by molar-refractivity contribution is 6.30. The number of nitrogens with one attached hydrogen (secondary N) is 1. The Labute approximate surface area is 136 Å². The maximum absolute atomic E-state index is 12.5. The summed E-state index contributed by atoms with van der Waals surface area (Å²) in [4.78, 5) is 39.3. The third-order valence-corrected chi connectivity index (χ3v) is 3.90. The van der Waals surface area contributed by atoms with Crippen molar-refractivity contribution in [2.45, 2.75) is 25.8 Å². The second-order valence-electron chi connectivity index (χ2n) is 5.20. The molecule has 1 N–H and O–H groups in total. The summed E-state index contributed by atoms with van der Waals surface area (Å²) in [5, 5.41) is 5.76. The molecular weight excluding hydrogens is 320 g/mol. The van der Waals surface area contributed by atoms with Crippen LogP contribution >= 0.6 is 11.6 Å². The lowest BCUT2D eigenvalue weighted by molar-refractivity contribution is 0.0999. The number of halogens is 1. The Hall–Kier alpha value is -2.54. The smallest absolute Gasteiger partial charge is 0.326 e. The van der Waals surface area contributed by atoms with E-state index in [9.17, 15) is 14.5 Å². The van der Waals surface area contributed by atoms with Crippen molar-refractivity contribution in [3.63, 3.8) is 0 Å². The molecule has 2 aromatic rings. The van der Waals surface area contributed by atoms with E-state index in [2.05, 4.69) is 15.5 Å². The number of fused-ring (bicyclic) bond motifs is 1. The molecule has 1 aliphatic heterocycles. The van der Waals surface area contributed by atoms with Crippen LogP contribution in [-0.4, -0.2) is 15.5 Å². The van der Waals surface area contributed by atoms with E-state index in [4.69, 9.17) is 11.6 Å². The number of aryl methyl sites for hydroxylation is 1. The summed E-state index contributed by atoms with van der Waals surface area (Å²) in [6.45, 7) is 0.484. The van der Waals surface area contributed by atoms with Crippen molar-refractivity contribution in [2.24, 2.45) is 5.18 Å². The minimum atomic E-state index is -1.13. The predicted octanol–water partition coefficient (Wildman–Crippen LogP) is 2.88. The quantitative estimate of drug-likeness (QED) is 0.872. The molecular formula is C15H13ClN4O3. The summed E-state index contributed by atoms with van der Waals surface area (Å²) in [7, 11) is 0. The molecule has 2 heterocycles. The van der Waals surface area contributed by atoms with Crippen LogP contribution < -0.4 is 10.9 Å². The zero-order valence-electron chi connectivity index (χ0n) is 12.1. The van der Waals surface area contributed by atoms with Gasteiger partial charge < -0.3 is 5.32 Å². The van der Waals surface area contributed by atoms with Crippen LogP contribution in [0.15, 0.2) is 34.2 Å². The lowest BCUT2D eigenvalue weighted by Gasteiger charge is -2.19. The largest absolute Gasteiger partial charge is 0.339 e. The monoisotopic (exact) mass is 332 g/mol. The van der Waals surface area contributed by atoms with Crippen LogP contribution in [-0.2, 0) is 13.0 Å². The first-order valence-electron chi connectivity index (χ1n) is 7.14. The molecule has 0 unspecified atom stereocenters. The van der Waals surface area contributed by atoms with Gasteiger partial charge in [-0.15, -0.1) is 4.91 Å². The Kier molecular flexibility index (Phi) is 4.20. The number of carbonyl (C=O) groups excluding carboxylic acids is 1. The minimum absolute atomic E-state index is 0.0371. The molecule has 0 spiro atoms.